The summed E-state index contributed by atoms with van der Waals surface area (Å²) in [5.74, 6) is 0.0502. The van der Waals surface area contributed by atoms with Crippen LogP contribution < -0.4 is 21.1 Å². The molecule has 0 spiro atoms. The van der Waals surface area contributed by atoms with Crippen LogP contribution in [0.4, 0.5) is 10.5 Å². The highest BCUT2D eigenvalue weighted by atomic mass is 35.5. The zero-order valence-corrected chi connectivity index (χ0v) is 19.3. The van der Waals surface area contributed by atoms with Gasteiger partial charge in [-0.2, -0.15) is 5.10 Å². The molecule has 2 saturated heterocycles. The Bertz CT molecular complexity index is 884. The van der Waals surface area contributed by atoms with Crippen molar-refractivity contribution in [2.75, 3.05) is 50.8 Å². The van der Waals surface area contributed by atoms with Crippen LogP contribution in [0.15, 0.2) is 11.0 Å². The summed E-state index contributed by atoms with van der Waals surface area (Å²) >= 11 is 6.07. The Kier molecular flexibility index (Phi) is 8.05. The van der Waals surface area contributed by atoms with Crippen molar-refractivity contribution in [3.05, 3.63) is 21.6 Å². The van der Waals surface area contributed by atoms with Crippen molar-refractivity contribution in [1.82, 2.24) is 25.7 Å². The predicted molar refractivity (Wildman–Crippen MR) is 122 cm³/mol. The number of carbonyl (C=O) groups excluding carboxylic acids is 2. The normalized spacial score (nSPS) is 26.1. The number of nitrogens with zero attached hydrogens (tertiary/aromatic N) is 3. The average molecular weight is 483 g/mol. The van der Waals surface area contributed by atoms with Crippen molar-refractivity contribution in [2.45, 2.75) is 50.3 Å². The van der Waals surface area contributed by atoms with Gasteiger partial charge in [-0.3, -0.25) is 14.5 Å². The van der Waals surface area contributed by atoms with Crippen LogP contribution in [-0.2, 0) is 14.3 Å². The average Bonchev–Trinajstić information content (AvgIpc) is 3.25. The molecule has 0 bridgehead atoms. The second-order valence-corrected chi connectivity index (χ2v) is 9.19. The third kappa shape index (κ3) is 6.58. The second-order valence-electron chi connectivity index (χ2n) is 8.81. The molecule has 1 aromatic rings. The van der Waals surface area contributed by atoms with E-state index in [4.69, 9.17) is 21.1 Å². The van der Waals surface area contributed by atoms with Crippen LogP contribution in [0.1, 0.15) is 32.1 Å². The molecule has 2 amide bonds. The van der Waals surface area contributed by atoms with E-state index in [1.807, 2.05) is 4.90 Å². The quantitative estimate of drug-likeness (QED) is 0.534. The fourth-order valence-corrected chi connectivity index (χ4v) is 4.82. The first-order chi connectivity index (χ1) is 16.0. The Labute approximate surface area is 197 Å². The molecule has 1 aliphatic carbocycles. The van der Waals surface area contributed by atoms with E-state index in [0.717, 1.165) is 38.8 Å². The van der Waals surface area contributed by atoms with Gasteiger partial charge in [0.2, 0.25) is 5.91 Å². The van der Waals surface area contributed by atoms with Gasteiger partial charge in [-0.05, 0) is 25.7 Å². The highest BCUT2D eigenvalue weighted by molar-refractivity contribution is 6.33. The number of anilines is 1. The van der Waals surface area contributed by atoms with Crippen molar-refractivity contribution in [1.29, 1.82) is 0 Å². The minimum Gasteiger partial charge on any atom is -0.444 e. The minimum absolute atomic E-state index is 0.0359. The van der Waals surface area contributed by atoms with E-state index in [1.54, 1.807) is 0 Å². The third-order valence-corrected chi connectivity index (χ3v) is 6.79. The van der Waals surface area contributed by atoms with Gasteiger partial charge in [0.1, 0.15) is 11.1 Å². The van der Waals surface area contributed by atoms with E-state index in [0.29, 0.717) is 45.0 Å². The molecule has 3 heterocycles. The molecule has 2 aliphatic heterocycles. The largest absolute Gasteiger partial charge is 0.444 e. The van der Waals surface area contributed by atoms with Gasteiger partial charge in [0, 0.05) is 38.1 Å². The van der Waals surface area contributed by atoms with E-state index in [9.17, 15) is 14.4 Å². The zero-order chi connectivity index (χ0) is 23.2. The Morgan fingerprint density at radius 2 is 1.82 bits per heavy atom. The number of aromatic amines is 1. The van der Waals surface area contributed by atoms with E-state index in [-0.39, 0.29) is 29.1 Å². The Morgan fingerprint density at radius 1 is 1.12 bits per heavy atom. The number of nitrogens with one attached hydrogen (secondary N) is 3. The molecule has 1 saturated carbocycles. The number of morpholine rings is 1. The third-order valence-electron chi connectivity index (χ3n) is 6.42. The fourth-order valence-electron chi connectivity index (χ4n) is 4.61. The molecule has 1 atom stereocenters. The molecule has 4 rings (SSSR count). The monoisotopic (exact) mass is 482 g/mol. The van der Waals surface area contributed by atoms with Gasteiger partial charge in [0.05, 0.1) is 38.2 Å². The molecule has 0 unspecified atom stereocenters. The lowest BCUT2D eigenvalue weighted by Crippen LogP contribution is -2.48. The summed E-state index contributed by atoms with van der Waals surface area (Å²) < 4.78 is 10.9. The van der Waals surface area contributed by atoms with Crippen molar-refractivity contribution in [3.8, 4) is 0 Å². The van der Waals surface area contributed by atoms with E-state index in [1.165, 1.54) is 6.20 Å². The Hall–Kier alpha value is -2.37. The van der Waals surface area contributed by atoms with E-state index < -0.39 is 11.7 Å². The molecule has 11 nitrogen and oxygen atoms in total. The summed E-state index contributed by atoms with van der Waals surface area (Å²) in [6.07, 6.45) is 4.68. The van der Waals surface area contributed by atoms with E-state index in [2.05, 4.69) is 25.7 Å². The summed E-state index contributed by atoms with van der Waals surface area (Å²) in [5.41, 5.74) is 0.102. The molecule has 12 heteroatoms. The van der Waals surface area contributed by atoms with Gasteiger partial charge in [0.25, 0.3) is 5.56 Å². The van der Waals surface area contributed by atoms with Crippen LogP contribution in [-0.4, -0.2) is 91.2 Å². The molecule has 3 N–H and O–H groups in total. The standard InChI is InChI=1S/C21H31ClN6O5/c22-19-17(11-23-26-20(19)30)28-6-5-16(12-28)33-21(31)25-15-3-1-14(2-4-15)24-18(29)13-27-7-9-32-10-8-27/h11,14-16H,1-10,12-13H2,(H,24,29)(H,25,31)(H,26,30)/t14?,15?,16-/m1/s1. The SMILES string of the molecule is O=C(CN1CCOCC1)NC1CCC(NC(=O)O[C@@H]2CCN(c3cn[nH]c(=O)c3Cl)C2)CC1. The maximum atomic E-state index is 12.4. The maximum Gasteiger partial charge on any atom is 0.407 e. The highest BCUT2D eigenvalue weighted by Gasteiger charge is 2.30. The number of amides is 2. The van der Waals surface area contributed by atoms with Gasteiger partial charge in [0.15, 0.2) is 0 Å². The smallest absolute Gasteiger partial charge is 0.407 e. The maximum absolute atomic E-state index is 12.4. The van der Waals surface area contributed by atoms with Gasteiger partial charge >= 0.3 is 6.09 Å². The van der Waals surface area contributed by atoms with Gasteiger partial charge in [-0.15, -0.1) is 0 Å². The lowest BCUT2D eigenvalue weighted by Gasteiger charge is -2.31. The lowest BCUT2D eigenvalue weighted by atomic mass is 9.91. The summed E-state index contributed by atoms with van der Waals surface area (Å²) in [6.45, 7) is 4.42. The van der Waals surface area contributed by atoms with Crippen LogP contribution >= 0.6 is 11.6 Å². The number of rotatable bonds is 6. The second kappa shape index (κ2) is 11.2. The zero-order valence-electron chi connectivity index (χ0n) is 18.6. The number of hydrogen-bond donors (Lipinski definition) is 3. The lowest BCUT2D eigenvalue weighted by molar-refractivity contribution is -0.124. The molecule has 182 valence electrons. The van der Waals surface area contributed by atoms with Crippen molar-refractivity contribution in [2.24, 2.45) is 0 Å². The van der Waals surface area contributed by atoms with Gasteiger partial charge < -0.3 is 25.0 Å². The number of H-pyrrole nitrogens is 1. The number of aromatic nitrogens is 2. The minimum atomic E-state index is -0.441. The van der Waals surface area contributed by atoms with Crippen LogP contribution in [0.25, 0.3) is 0 Å². The Morgan fingerprint density at radius 3 is 2.55 bits per heavy atom. The van der Waals surface area contributed by atoms with Gasteiger partial charge in [-0.1, -0.05) is 11.6 Å². The number of carbonyl (C=O) groups is 2. The van der Waals surface area contributed by atoms with Crippen LogP contribution in [0.3, 0.4) is 0 Å². The number of alkyl carbamates (subject to hydrolysis) is 1. The molecule has 3 aliphatic rings. The topological polar surface area (TPSA) is 129 Å². The Balaban J connectivity index is 1.14. The fraction of sp³-hybridized carbons (Fsp3) is 0.714. The van der Waals surface area contributed by atoms with Crippen molar-refractivity contribution >= 4 is 29.3 Å². The molecular formula is C21H31ClN6O5. The number of ether oxygens (including phenoxy) is 2. The van der Waals surface area contributed by atoms with Crippen LogP contribution in [0.5, 0.6) is 0 Å². The first kappa shape index (κ1) is 23.8. The van der Waals surface area contributed by atoms with Crippen molar-refractivity contribution in [3.63, 3.8) is 0 Å². The first-order valence-corrected chi connectivity index (χ1v) is 11.9. The van der Waals surface area contributed by atoms with Crippen molar-refractivity contribution < 1.29 is 19.1 Å². The van der Waals surface area contributed by atoms with Crippen LogP contribution in [0, 0.1) is 0 Å². The molecule has 0 aromatic carbocycles. The number of halogens is 1. The van der Waals surface area contributed by atoms with E-state index >= 15 is 0 Å². The highest BCUT2D eigenvalue weighted by Crippen LogP contribution is 2.26. The summed E-state index contributed by atoms with van der Waals surface area (Å²) in [7, 11) is 0. The molecular weight excluding hydrogens is 452 g/mol. The summed E-state index contributed by atoms with van der Waals surface area (Å²) in [6, 6.07) is 0.178. The first-order valence-electron chi connectivity index (χ1n) is 11.5. The molecule has 33 heavy (non-hydrogen) atoms. The molecule has 0 radical (unpaired) electrons. The number of hydrogen-bond acceptors (Lipinski definition) is 8. The summed E-state index contributed by atoms with van der Waals surface area (Å²) in [5, 5.41) is 12.2. The molecule has 3 fully saturated rings. The summed E-state index contributed by atoms with van der Waals surface area (Å²) in [4.78, 5) is 40.3. The van der Waals surface area contributed by atoms with Crippen LogP contribution in [0.2, 0.25) is 5.02 Å². The van der Waals surface area contributed by atoms with Gasteiger partial charge in [-0.25, -0.2) is 9.89 Å². The molecule has 1 aromatic heterocycles. The predicted octanol–water partition coefficient (Wildman–Crippen LogP) is 0.488.